The van der Waals surface area contributed by atoms with Crippen molar-refractivity contribution in [1.29, 1.82) is 0 Å². The van der Waals surface area contributed by atoms with Gasteiger partial charge in [0.05, 0.1) is 50.4 Å². The van der Waals surface area contributed by atoms with Crippen LogP contribution in [0.4, 0.5) is 0 Å². The smallest absolute Gasteiger partial charge is 0.312 e. The molecule has 37 heavy (non-hydrogen) atoms. The minimum absolute atomic E-state index is 0.207. The van der Waals surface area contributed by atoms with E-state index in [1.165, 1.54) is 4.90 Å². The van der Waals surface area contributed by atoms with Crippen LogP contribution in [0.25, 0.3) is 0 Å². The Hall–Kier alpha value is -2.53. The second kappa shape index (κ2) is 11.1. The normalized spacial score (nSPS) is 31.8. The highest BCUT2D eigenvalue weighted by Gasteiger charge is 2.75. The van der Waals surface area contributed by atoms with Crippen LogP contribution >= 0.6 is 0 Å². The quantitative estimate of drug-likeness (QED) is 0.418. The van der Waals surface area contributed by atoms with Crippen LogP contribution in [0, 0.1) is 11.8 Å². The zero-order chi connectivity index (χ0) is 26.0. The van der Waals surface area contributed by atoms with Crippen LogP contribution in [-0.4, -0.2) is 109 Å². The Morgan fingerprint density at radius 3 is 2.70 bits per heavy atom. The molecule has 2 N–H and O–H groups in total. The highest BCUT2D eigenvalue weighted by Crippen LogP contribution is 2.59. The van der Waals surface area contributed by atoms with E-state index in [0.29, 0.717) is 45.6 Å². The molecule has 202 valence electrons. The average molecular weight is 516 g/mol. The summed E-state index contributed by atoms with van der Waals surface area (Å²) in [6.07, 6.45) is 1.03. The van der Waals surface area contributed by atoms with Crippen LogP contribution in [0.1, 0.15) is 25.3 Å². The molecule has 0 unspecified atom stereocenters. The van der Waals surface area contributed by atoms with Gasteiger partial charge in [-0.3, -0.25) is 19.3 Å². The van der Waals surface area contributed by atoms with Crippen molar-refractivity contribution >= 4 is 17.8 Å². The van der Waals surface area contributed by atoms with Gasteiger partial charge >= 0.3 is 5.97 Å². The third-order valence-corrected chi connectivity index (χ3v) is 8.29. The Balaban J connectivity index is 1.42. The first-order valence-corrected chi connectivity index (χ1v) is 13.4. The molecule has 4 fully saturated rings. The number of rotatable bonds is 10. The predicted octanol–water partition coefficient (Wildman–Crippen LogP) is -0.0239. The number of ether oxygens (including phenoxy) is 3. The largest absolute Gasteiger partial charge is 0.466 e. The minimum atomic E-state index is -1.10. The molecule has 1 aromatic carbocycles. The third kappa shape index (κ3) is 4.76. The lowest BCUT2D eigenvalue weighted by atomic mass is 9.71. The van der Waals surface area contributed by atoms with Crippen LogP contribution in [0.2, 0.25) is 0 Å². The van der Waals surface area contributed by atoms with Crippen molar-refractivity contribution in [2.45, 2.75) is 50.0 Å². The number of hydrogen-bond acceptors (Lipinski definition) is 8. The summed E-state index contributed by atoms with van der Waals surface area (Å²) in [6, 6.07) is 8.02. The van der Waals surface area contributed by atoms with E-state index in [9.17, 15) is 19.5 Å². The zero-order valence-electron chi connectivity index (χ0n) is 21.3. The number of aliphatic hydroxyl groups is 1. The van der Waals surface area contributed by atoms with Gasteiger partial charge in [-0.1, -0.05) is 30.3 Å². The summed E-state index contributed by atoms with van der Waals surface area (Å²) in [6.45, 7) is 5.69. The van der Waals surface area contributed by atoms with Gasteiger partial charge in [-0.2, -0.15) is 0 Å². The predicted molar refractivity (Wildman–Crippen MR) is 132 cm³/mol. The van der Waals surface area contributed by atoms with Gasteiger partial charge in [0.25, 0.3) is 0 Å². The van der Waals surface area contributed by atoms with Crippen molar-refractivity contribution in [1.82, 2.24) is 15.1 Å². The third-order valence-electron chi connectivity index (χ3n) is 8.29. The number of amides is 2. The van der Waals surface area contributed by atoms with E-state index in [2.05, 4.69) is 10.2 Å². The molecule has 6 atom stereocenters. The number of benzene rings is 1. The lowest BCUT2D eigenvalue weighted by Gasteiger charge is -2.37. The van der Waals surface area contributed by atoms with Gasteiger partial charge in [0.2, 0.25) is 11.8 Å². The Bertz CT molecular complexity index is 985. The number of carbonyl (C=O) groups excluding carboxylic acids is 3. The van der Waals surface area contributed by atoms with E-state index in [1.54, 1.807) is 6.92 Å². The van der Waals surface area contributed by atoms with E-state index in [-0.39, 0.29) is 25.0 Å². The number of nitrogens with zero attached hydrogens (tertiary/aromatic N) is 2. The molecule has 10 nitrogen and oxygen atoms in total. The Morgan fingerprint density at radius 2 is 2.00 bits per heavy atom. The number of fused-ring (bicyclic) bond motifs is 1. The second-order valence-corrected chi connectivity index (χ2v) is 10.3. The molecule has 1 spiro atoms. The molecule has 0 radical (unpaired) electrons. The summed E-state index contributed by atoms with van der Waals surface area (Å²) in [5.41, 5.74) is -0.158. The van der Waals surface area contributed by atoms with E-state index >= 15 is 0 Å². The maximum atomic E-state index is 14.0. The molecule has 4 aliphatic rings. The Labute approximate surface area is 217 Å². The molecule has 4 aliphatic heterocycles. The van der Waals surface area contributed by atoms with E-state index < -0.39 is 41.6 Å². The molecule has 0 aromatic heterocycles. The Morgan fingerprint density at radius 1 is 1.24 bits per heavy atom. The van der Waals surface area contributed by atoms with Gasteiger partial charge in [0.15, 0.2) is 0 Å². The van der Waals surface area contributed by atoms with E-state index in [1.807, 2.05) is 30.3 Å². The summed E-state index contributed by atoms with van der Waals surface area (Å²) in [5, 5.41) is 13.5. The SMILES string of the molecule is CCOC(=O)[C@@H]1[C@@H]2CC[C@]3(O2)[C@H](C(=O)NCCN2CCOCC2)N([C@@H](CO)Cc2ccccc2)C(=O)[C@@H]13. The van der Waals surface area contributed by atoms with Gasteiger partial charge in [0.1, 0.15) is 11.6 Å². The van der Waals surface area contributed by atoms with Gasteiger partial charge in [-0.05, 0) is 31.7 Å². The fraction of sp³-hybridized carbons (Fsp3) is 0.667. The molecule has 10 heteroatoms. The fourth-order valence-electron chi connectivity index (χ4n) is 6.69. The number of hydrogen-bond donors (Lipinski definition) is 2. The van der Waals surface area contributed by atoms with Crippen LogP contribution in [0.15, 0.2) is 30.3 Å². The van der Waals surface area contributed by atoms with Crippen molar-refractivity contribution < 1.29 is 33.7 Å². The summed E-state index contributed by atoms with van der Waals surface area (Å²) in [5.74, 6) is -2.62. The van der Waals surface area contributed by atoms with Crippen LogP contribution < -0.4 is 5.32 Å². The summed E-state index contributed by atoms with van der Waals surface area (Å²) < 4.78 is 17.1. The summed E-state index contributed by atoms with van der Waals surface area (Å²) in [7, 11) is 0. The van der Waals surface area contributed by atoms with Gasteiger partial charge in [-0.25, -0.2) is 0 Å². The monoisotopic (exact) mass is 515 g/mol. The van der Waals surface area contributed by atoms with Crippen LogP contribution in [0.5, 0.6) is 0 Å². The molecular weight excluding hydrogens is 478 g/mol. The molecule has 0 aliphatic carbocycles. The molecular formula is C27H37N3O7. The average Bonchev–Trinajstić information content (AvgIpc) is 3.56. The maximum Gasteiger partial charge on any atom is 0.312 e. The fourth-order valence-corrected chi connectivity index (χ4v) is 6.69. The van der Waals surface area contributed by atoms with Crippen molar-refractivity contribution in [3.05, 3.63) is 35.9 Å². The minimum Gasteiger partial charge on any atom is -0.466 e. The topological polar surface area (TPSA) is 118 Å². The number of nitrogens with one attached hydrogen (secondary N) is 1. The van der Waals surface area contributed by atoms with Gasteiger partial charge in [0, 0.05) is 26.2 Å². The zero-order valence-corrected chi connectivity index (χ0v) is 21.3. The van der Waals surface area contributed by atoms with Crippen LogP contribution in [-0.2, 0) is 35.0 Å². The molecule has 2 bridgehead atoms. The number of carbonyl (C=O) groups is 3. The number of esters is 1. The Kier molecular flexibility index (Phi) is 7.80. The molecule has 0 saturated carbocycles. The summed E-state index contributed by atoms with van der Waals surface area (Å²) >= 11 is 0. The molecule has 2 amide bonds. The molecule has 4 saturated heterocycles. The van der Waals surface area contributed by atoms with E-state index in [4.69, 9.17) is 14.2 Å². The second-order valence-electron chi connectivity index (χ2n) is 10.3. The van der Waals surface area contributed by atoms with Crippen molar-refractivity contribution in [2.24, 2.45) is 11.8 Å². The number of aliphatic hydroxyl groups excluding tert-OH is 1. The lowest BCUT2D eigenvalue weighted by molar-refractivity contribution is -0.155. The molecule has 1 aromatic rings. The molecule has 4 heterocycles. The standard InChI is InChI=1S/C27H37N3O7/c1-2-36-26(34)21-20-8-9-27(37-20)22(21)25(33)30(19(17-31)16-18-6-4-3-5-7-18)23(27)24(32)28-10-11-29-12-14-35-15-13-29/h3-7,19-23,31H,2,8-17H2,1H3,(H,28,32)/t19-,20+,21-,22-,23+,27-/m1/s1. The molecule has 5 rings (SSSR count). The van der Waals surface area contributed by atoms with Crippen molar-refractivity contribution in [3.63, 3.8) is 0 Å². The number of morpholine rings is 1. The first-order chi connectivity index (χ1) is 18.0. The maximum absolute atomic E-state index is 14.0. The first kappa shape index (κ1) is 26.1. The van der Waals surface area contributed by atoms with Gasteiger partial charge < -0.3 is 29.5 Å². The van der Waals surface area contributed by atoms with E-state index in [0.717, 1.165) is 18.7 Å². The summed E-state index contributed by atoms with van der Waals surface area (Å²) in [4.78, 5) is 44.5. The highest BCUT2D eigenvalue weighted by molar-refractivity contribution is 5.98. The van der Waals surface area contributed by atoms with Crippen molar-refractivity contribution in [3.8, 4) is 0 Å². The van der Waals surface area contributed by atoms with Gasteiger partial charge in [-0.15, -0.1) is 0 Å². The highest BCUT2D eigenvalue weighted by atomic mass is 16.6. The van der Waals surface area contributed by atoms with Crippen LogP contribution in [0.3, 0.4) is 0 Å². The number of likely N-dealkylation sites (tertiary alicyclic amines) is 1. The lowest BCUT2D eigenvalue weighted by Crippen LogP contribution is -2.59. The van der Waals surface area contributed by atoms with Crippen molar-refractivity contribution in [2.75, 3.05) is 52.6 Å². The first-order valence-electron chi connectivity index (χ1n) is 13.4.